The van der Waals surface area contributed by atoms with Gasteiger partial charge in [0, 0.05) is 37.8 Å². The molecule has 0 saturated carbocycles. The Morgan fingerprint density at radius 3 is 2.25 bits per heavy atom. The zero-order valence-electron chi connectivity index (χ0n) is 16.3. The lowest BCUT2D eigenvalue weighted by Crippen LogP contribution is -2.45. The molecule has 1 saturated heterocycles. The summed E-state index contributed by atoms with van der Waals surface area (Å²) >= 11 is 0. The van der Waals surface area contributed by atoms with Crippen LogP contribution in [0.4, 0.5) is 4.39 Å². The molecular weight excluding hydrogens is 383 g/mol. The molecule has 1 aliphatic rings. The van der Waals surface area contributed by atoms with Crippen molar-refractivity contribution >= 4 is 12.4 Å². The lowest BCUT2D eigenvalue weighted by molar-refractivity contribution is 0.143. The van der Waals surface area contributed by atoms with Crippen molar-refractivity contribution in [3.63, 3.8) is 0 Å². The van der Waals surface area contributed by atoms with E-state index in [0.717, 1.165) is 37.3 Å². The van der Waals surface area contributed by atoms with Crippen LogP contribution in [0, 0.1) is 0 Å². The van der Waals surface area contributed by atoms with Gasteiger partial charge in [0.25, 0.3) is 0 Å². The maximum atomic E-state index is 14.1. The number of halogens is 2. The molecule has 2 aromatic rings. The summed E-state index contributed by atoms with van der Waals surface area (Å²) in [5.74, 6) is 1.77. The van der Waals surface area contributed by atoms with Crippen molar-refractivity contribution in [1.29, 1.82) is 0 Å². The van der Waals surface area contributed by atoms with Crippen molar-refractivity contribution in [1.82, 2.24) is 10.2 Å². The van der Waals surface area contributed by atoms with Crippen molar-refractivity contribution in [2.24, 2.45) is 0 Å². The summed E-state index contributed by atoms with van der Waals surface area (Å²) < 4.78 is 31.1. The number of hydrogen-bond acceptors (Lipinski definition) is 5. The second-order valence-electron chi connectivity index (χ2n) is 6.48. The van der Waals surface area contributed by atoms with Gasteiger partial charge in [-0.05, 0) is 11.6 Å². The van der Waals surface area contributed by atoms with Gasteiger partial charge >= 0.3 is 0 Å². The lowest BCUT2D eigenvalue weighted by Gasteiger charge is -2.34. The molecule has 0 amide bonds. The molecule has 7 heteroatoms. The van der Waals surface area contributed by atoms with Crippen LogP contribution in [0.2, 0.25) is 0 Å². The quantitative estimate of drug-likeness (QED) is 0.720. The normalized spacial score (nSPS) is 15.4. The molecule has 3 rings (SSSR count). The third-order valence-electron chi connectivity index (χ3n) is 4.85. The first-order valence-electron chi connectivity index (χ1n) is 9.20. The first kappa shape index (κ1) is 22.3. The summed E-state index contributed by atoms with van der Waals surface area (Å²) in [5, 5.41) is 3.31. The number of piperazine rings is 1. The molecule has 1 heterocycles. The highest BCUT2D eigenvalue weighted by atomic mass is 35.5. The van der Waals surface area contributed by atoms with Gasteiger partial charge in [-0.3, -0.25) is 4.90 Å². The Hall–Kier alpha value is -2.02. The molecule has 154 valence electrons. The number of nitrogens with zero attached hydrogens (tertiary/aromatic N) is 1. The second kappa shape index (κ2) is 11.1. The van der Waals surface area contributed by atoms with E-state index in [-0.39, 0.29) is 18.4 Å². The third kappa shape index (κ3) is 5.28. The number of ether oxygens (including phenoxy) is 3. The maximum absolute atomic E-state index is 14.1. The molecule has 0 radical (unpaired) electrons. The van der Waals surface area contributed by atoms with Gasteiger partial charge in [-0.15, -0.1) is 12.4 Å². The van der Waals surface area contributed by atoms with E-state index in [2.05, 4.69) is 10.2 Å². The Morgan fingerprint density at radius 1 is 1.00 bits per heavy atom. The van der Waals surface area contributed by atoms with Crippen LogP contribution < -0.4 is 19.5 Å². The summed E-state index contributed by atoms with van der Waals surface area (Å²) in [4.78, 5) is 2.15. The van der Waals surface area contributed by atoms with Gasteiger partial charge in [-0.1, -0.05) is 30.3 Å². The topological polar surface area (TPSA) is 43.0 Å². The standard InChI is InChI=1S/C21H27FN2O3.ClH/c1-25-20-12-17(18(14-22)24-10-8-23-9-11-24)19(13-21(20)26-2)27-15-16-6-4-3-5-7-16;/h3-7,12-13,18,23H,8-11,14-15H2,1-2H3;1H/t18-;/m1./s1. The average molecular weight is 411 g/mol. The number of rotatable bonds is 8. The fourth-order valence-electron chi connectivity index (χ4n) is 3.37. The first-order valence-corrected chi connectivity index (χ1v) is 9.20. The van der Waals surface area contributed by atoms with Crippen LogP contribution in [0.15, 0.2) is 42.5 Å². The monoisotopic (exact) mass is 410 g/mol. The number of methoxy groups -OCH3 is 2. The van der Waals surface area contributed by atoms with E-state index < -0.39 is 6.67 Å². The maximum Gasteiger partial charge on any atom is 0.164 e. The number of benzene rings is 2. The predicted molar refractivity (Wildman–Crippen MR) is 111 cm³/mol. The Morgan fingerprint density at radius 2 is 1.64 bits per heavy atom. The summed E-state index contributed by atoms with van der Waals surface area (Å²) in [6, 6.07) is 13.2. The number of hydrogen-bond donors (Lipinski definition) is 1. The number of nitrogens with one attached hydrogen (secondary N) is 1. The molecule has 0 aromatic heterocycles. The van der Waals surface area contributed by atoms with Crippen LogP contribution in [0.3, 0.4) is 0 Å². The summed E-state index contributed by atoms with van der Waals surface area (Å²) in [5.41, 5.74) is 1.84. The Labute approximate surface area is 172 Å². The molecule has 1 aliphatic heterocycles. The largest absolute Gasteiger partial charge is 0.493 e. The fourth-order valence-corrected chi connectivity index (χ4v) is 3.37. The van der Waals surface area contributed by atoms with Crippen LogP contribution in [0.25, 0.3) is 0 Å². The summed E-state index contributed by atoms with van der Waals surface area (Å²) in [7, 11) is 3.17. The number of alkyl halides is 1. The van der Waals surface area contributed by atoms with E-state index >= 15 is 0 Å². The smallest absolute Gasteiger partial charge is 0.164 e. The Kier molecular flexibility index (Phi) is 8.83. The van der Waals surface area contributed by atoms with Crippen LogP contribution >= 0.6 is 12.4 Å². The van der Waals surface area contributed by atoms with E-state index in [1.807, 2.05) is 36.4 Å². The van der Waals surface area contributed by atoms with E-state index in [0.29, 0.717) is 23.9 Å². The van der Waals surface area contributed by atoms with Gasteiger partial charge in [-0.2, -0.15) is 0 Å². The third-order valence-corrected chi connectivity index (χ3v) is 4.85. The fraction of sp³-hybridized carbons (Fsp3) is 0.429. The Bertz CT molecular complexity index is 727. The Balaban J connectivity index is 0.00000280. The van der Waals surface area contributed by atoms with Crippen molar-refractivity contribution < 1.29 is 18.6 Å². The highest BCUT2D eigenvalue weighted by Gasteiger charge is 2.27. The van der Waals surface area contributed by atoms with Gasteiger partial charge in [-0.25, -0.2) is 4.39 Å². The minimum atomic E-state index is -0.489. The molecule has 5 nitrogen and oxygen atoms in total. The second-order valence-corrected chi connectivity index (χ2v) is 6.48. The highest BCUT2D eigenvalue weighted by molar-refractivity contribution is 5.85. The summed E-state index contributed by atoms with van der Waals surface area (Å²) in [6.45, 7) is 3.21. The molecule has 0 aliphatic carbocycles. The van der Waals surface area contributed by atoms with Crippen LogP contribution in [0.1, 0.15) is 17.2 Å². The zero-order chi connectivity index (χ0) is 19.1. The molecule has 1 fully saturated rings. The van der Waals surface area contributed by atoms with Crippen LogP contribution in [-0.4, -0.2) is 52.0 Å². The van der Waals surface area contributed by atoms with Gasteiger partial charge < -0.3 is 19.5 Å². The van der Waals surface area contributed by atoms with Gasteiger partial charge in [0.05, 0.1) is 20.3 Å². The van der Waals surface area contributed by atoms with Gasteiger partial charge in [0.2, 0.25) is 0 Å². The van der Waals surface area contributed by atoms with Gasteiger partial charge in [0.15, 0.2) is 11.5 Å². The predicted octanol–water partition coefficient (Wildman–Crippen LogP) is 3.62. The van der Waals surface area contributed by atoms with Crippen LogP contribution in [-0.2, 0) is 6.61 Å². The first-order chi connectivity index (χ1) is 13.3. The molecule has 1 atom stereocenters. The molecule has 0 bridgehead atoms. The lowest BCUT2D eigenvalue weighted by atomic mass is 10.0. The minimum absolute atomic E-state index is 0. The zero-order valence-corrected chi connectivity index (χ0v) is 17.1. The average Bonchev–Trinajstić information content (AvgIpc) is 2.74. The molecule has 0 unspecified atom stereocenters. The molecular formula is C21H28ClFN2O3. The van der Waals surface area contributed by atoms with E-state index in [1.54, 1.807) is 20.3 Å². The van der Waals surface area contributed by atoms with E-state index in [9.17, 15) is 4.39 Å². The summed E-state index contributed by atoms with van der Waals surface area (Å²) in [6.07, 6.45) is 0. The van der Waals surface area contributed by atoms with Crippen molar-refractivity contribution in [2.75, 3.05) is 47.1 Å². The SMILES string of the molecule is COc1cc(OCc2ccccc2)c([C@@H](CF)N2CCNCC2)cc1OC.Cl. The van der Waals surface area contributed by atoms with Crippen molar-refractivity contribution in [2.45, 2.75) is 12.6 Å². The highest BCUT2D eigenvalue weighted by Crippen LogP contribution is 2.40. The molecule has 1 N–H and O–H groups in total. The minimum Gasteiger partial charge on any atom is -0.493 e. The van der Waals surface area contributed by atoms with Crippen molar-refractivity contribution in [3.05, 3.63) is 53.6 Å². The van der Waals surface area contributed by atoms with E-state index in [1.165, 1.54) is 0 Å². The van der Waals surface area contributed by atoms with Gasteiger partial charge in [0.1, 0.15) is 19.0 Å². The van der Waals surface area contributed by atoms with Crippen molar-refractivity contribution in [3.8, 4) is 17.2 Å². The molecule has 28 heavy (non-hydrogen) atoms. The molecule has 2 aromatic carbocycles. The molecule has 0 spiro atoms. The van der Waals surface area contributed by atoms with E-state index in [4.69, 9.17) is 14.2 Å². The van der Waals surface area contributed by atoms with Crippen LogP contribution in [0.5, 0.6) is 17.2 Å².